The summed E-state index contributed by atoms with van der Waals surface area (Å²) in [7, 11) is 0. The first-order valence-electron chi connectivity index (χ1n) is 4.19. The third-order valence-corrected chi connectivity index (χ3v) is 2.66. The summed E-state index contributed by atoms with van der Waals surface area (Å²) in [5, 5.41) is 1.85. The summed E-state index contributed by atoms with van der Waals surface area (Å²) in [6.45, 7) is 2.50. The molecule has 0 radical (unpaired) electrons. The van der Waals surface area contributed by atoms with Gasteiger partial charge in [-0.15, -0.1) is 0 Å². The third-order valence-electron chi connectivity index (χ3n) is 2.25. The first kappa shape index (κ1) is 8.60. The van der Waals surface area contributed by atoms with Crippen LogP contribution in [0.4, 0.5) is 0 Å². The fraction of sp³-hybridized carbons (Fsp3) is 0.200. The van der Waals surface area contributed by atoms with E-state index in [0.717, 1.165) is 21.6 Å². The molecule has 3 N–H and O–H groups in total. The molecular formula is C10H11ClN2. The van der Waals surface area contributed by atoms with E-state index in [9.17, 15) is 0 Å². The van der Waals surface area contributed by atoms with Crippen molar-refractivity contribution in [2.45, 2.75) is 13.5 Å². The number of rotatable bonds is 1. The van der Waals surface area contributed by atoms with Crippen LogP contribution in [0.25, 0.3) is 10.9 Å². The summed E-state index contributed by atoms with van der Waals surface area (Å²) < 4.78 is 0. The highest BCUT2D eigenvalue weighted by molar-refractivity contribution is 6.36. The van der Waals surface area contributed by atoms with Gasteiger partial charge in [-0.2, -0.15) is 0 Å². The molecule has 0 unspecified atom stereocenters. The molecule has 2 nitrogen and oxygen atoms in total. The molecule has 13 heavy (non-hydrogen) atoms. The fourth-order valence-electron chi connectivity index (χ4n) is 1.57. The van der Waals surface area contributed by atoms with Crippen LogP contribution >= 0.6 is 11.6 Å². The van der Waals surface area contributed by atoms with Crippen LogP contribution in [0.15, 0.2) is 18.2 Å². The molecule has 0 saturated carbocycles. The number of aryl methyl sites for hydroxylation is 1. The summed E-state index contributed by atoms with van der Waals surface area (Å²) in [4.78, 5) is 3.20. The highest BCUT2D eigenvalue weighted by Gasteiger charge is 2.08. The van der Waals surface area contributed by atoms with Gasteiger partial charge in [0.25, 0.3) is 0 Å². The van der Waals surface area contributed by atoms with E-state index in [-0.39, 0.29) is 0 Å². The molecule has 0 aliphatic carbocycles. The number of aromatic nitrogens is 1. The van der Waals surface area contributed by atoms with Crippen LogP contribution in [0.5, 0.6) is 0 Å². The topological polar surface area (TPSA) is 41.8 Å². The molecule has 2 rings (SSSR count). The Morgan fingerprint density at radius 3 is 2.85 bits per heavy atom. The lowest BCUT2D eigenvalue weighted by atomic mass is 10.1. The largest absolute Gasteiger partial charge is 0.356 e. The molecule has 0 bridgehead atoms. The summed E-state index contributed by atoms with van der Waals surface area (Å²) in [6.07, 6.45) is 0. The van der Waals surface area contributed by atoms with Crippen molar-refractivity contribution in [3.05, 3.63) is 34.5 Å². The second kappa shape index (κ2) is 3.05. The molecule has 1 aromatic heterocycles. The number of aromatic amines is 1. The number of hydrogen-bond acceptors (Lipinski definition) is 1. The van der Waals surface area contributed by atoms with Gasteiger partial charge in [-0.3, -0.25) is 0 Å². The summed E-state index contributed by atoms with van der Waals surface area (Å²) >= 11 is 6.15. The molecule has 3 heteroatoms. The van der Waals surface area contributed by atoms with Gasteiger partial charge in [0.2, 0.25) is 0 Å². The van der Waals surface area contributed by atoms with Gasteiger partial charge < -0.3 is 10.7 Å². The Balaban J connectivity index is 2.85. The standard InChI is InChI=1S/C10H11ClN2/c1-6-3-2-4-7-9(6)10(11)8(5-12)13-7/h2-4,13H,5,12H2,1H3. The number of halogens is 1. The maximum Gasteiger partial charge on any atom is 0.0707 e. The summed E-state index contributed by atoms with van der Waals surface area (Å²) in [5.41, 5.74) is 8.70. The van der Waals surface area contributed by atoms with E-state index < -0.39 is 0 Å². The minimum absolute atomic E-state index is 0.451. The number of nitrogens with two attached hydrogens (primary N) is 1. The Morgan fingerprint density at radius 1 is 1.46 bits per heavy atom. The molecule has 0 saturated heterocycles. The van der Waals surface area contributed by atoms with Crippen molar-refractivity contribution >= 4 is 22.5 Å². The van der Waals surface area contributed by atoms with Gasteiger partial charge in [0.1, 0.15) is 0 Å². The van der Waals surface area contributed by atoms with E-state index in [0.29, 0.717) is 6.54 Å². The van der Waals surface area contributed by atoms with E-state index in [1.165, 1.54) is 5.56 Å². The van der Waals surface area contributed by atoms with E-state index >= 15 is 0 Å². The predicted octanol–water partition coefficient (Wildman–Crippen LogP) is 2.59. The Hall–Kier alpha value is -0.990. The highest BCUT2D eigenvalue weighted by atomic mass is 35.5. The molecular weight excluding hydrogens is 184 g/mol. The Morgan fingerprint density at radius 2 is 2.23 bits per heavy atom. The van der Waals surface area contributed by atoms with Crippen LogP contribution in [0.3, 0.4) is 0 Å². The second-order valence-corrected chi connectivity index (χ2v) is 3.50. The van der Waals surface area contributed by atoms with Crippen molar-refractivity contribution in [1.82, 2.24) is 4.98 Å². The molecule has 0 spiro atoms. The smallest absolute Gasteiger partial charge is 0.0707 e. The lowest BCUT2D eigenvalue weighted by molar-refractivity contribution is 1.02. The molecule has 0 fully saturated rings. The van der Waals surface area contributed by atoms with Gasteiger partial charge in [-0.25, -0.2) is 0 Å². The van der Waals surface area contributed by atoms with E-state index in [4.69, 9.17) is 17.3 Å². The number of H-pyrrole nitrogens is 1. The monoisotopic (exact) mass is 194 g/mol. The van der Waals surface area contributed by atoms with Crippen LogP contribution in [-0.2, 0) is 6.54 Å². The van der Waals surface area contributed by atoms with E-state index in [1.54, 1.807) is 0 Å². The Labute approximate surface area is 81.7 Å². The quantitative estimate of drug-likeness (QED) is 0.720. The average molecular weight is 195 g/mol. The van der Waals surface area contributed by atoms with Crippen LogP contribution in [-0.4, -0.2) is 4.98 Å². The fourth-order valence-corrected chi connectivity index (χ4v) is 1.95. The normalized spacial score (nSPS) is 11.0. The van der Waals surface area contributed by atoms with Gasteiger partial charge in [-0.1, -0.05) is 23.7 Å². The second-order valence-electron chi connectivity index (χ2n) is 3.12. The van der Waals surface area contributed by atoms with Crippen molar-refractivity contribution in [3.63, 3.8) is 0 Å². The van der Waals surface area contributed by atoms with Gasteiger partial charge in [0, 0.05) is 23.1 Å². The molecule has 1 aromatic carbocycles. The zero-order valence-corrected chi connectivity index (χ0v) is 8.15. The number of nitrogens with one attached hydrogen (secondary N) is 1. The van der Waals surface area contributed by atoms with Crippen molar-refractivity contribution in [2.75, 3.05) is 0 Å². The summed E-state index contributed by atoms with van der Waals surface area (Å²) in [5.74, 6) is 0. The zero-order valence-electron chi connectivity index (χ0n) is 7.39. The number of benzene rings is 1. The number of fused-ring (bicyclic) bond motifs is 1. The first-order valence-corrected chi connectivity index (χ1v) is 4.57. The SMILES string of the molecule is Cc1cccc2[nH]c(CN)c(Cl)c12. The predicted molar refractivity (Wildman–Crippen MR) is 55.9 cm³/mol. The zero-order chi connectivity index (χ0) is 9.42. The molecule has 0 aliphatic heterocycles. The van der Waals surface area contributed by atoms with Gasteiger partial charge in [-0.05, 0) is 18.6 Å². The maximum atomic E-state index is 6.15. The van der Waals surface area contributed by atoms with E-state index in [2.05, 4.69) is 4.98 Å². The highest BCUT2D eigenvalue weighted by Crippen LogP contribution is 2.29. The molecule has 0 aliphatic rings. The van der Waals surface area contributed by atoms with Gasteiger partial charge >= 0.3 is 0 Å². The van der Waals surface area contributed by atoms with Crippen LogP contribution < -0.4 is 5.73 Å². The molecule has 0 atom stereocenters. The lowest BCUT2D eigenvalue weighted by Crippen LogP contribution is -1.96. The molecule has 68 valence electrons. The van der Waals surface area contributed by atoms with Crippen molar-refractivity contribution in [3.8, 4) is 0 Å². The Bertz CT molecular complexity index is 445. The molecule has 1 heterocycles. The minimum atomic E-state index is 0.451. The maximum absolute atomic E-state index is 6.15. The average Bonchev–Trinajstić information content (AvgIpc) is 2.44. The summed E-state index contributed by atoms with van der Waals surface area (Å²) in [6, 6.07) is 6.06. The van der Waals surface area contributed by atoms with Crippen molar-refractivity contribution < 1.29 is 0 Å². The third kappa shape index (κ3) is 1.23. The minimum Gasteiger partial charge on any atom is -0.356 e. The molecule has 2 aromatic rings. The van der Waals surface area contributed by atoms with Gasteiger partial charge in [0.15, 0.2) is 0 Å². The number of hydrogen-bond donors (Lipinski definition) is 2. The van der Waals surface area contributed by atoms with E-state index in [1.807, 2.05) is 25.1 Å². The molecule has 0 amide bonds. The van der Waals surface area contributed by atoms with Crippen LogP contribution in [0.1, 0.15) is 11.3 Å². The van der Waals surface area contributed by atoms with Crippen LogP contribution in [0.2, 0.25) is 5.02 Å². The van der Waals surface area contributed by atoms with Crippen molar-refractivity contribution in [1.29, 1.82) is 0 Å². The Kier molecular flexibility index (Phi) is 2.02. The first-order chi connectivity index (χ1) is 6.24. The lowest BCUT2D eigenvalue weighted by Gasteiger charge is -1.94. The van der Waals surface area contributed by atoms with Gasteiger partial charge in [0.05, 0.1) is 5.02 Å². The van der Waals surface area contributed by atoms with Crippen molar-refractivity contribution in [2.24, 2.45) is 5.73 Å². The van der Waals surface area contributed by atoms with Crippen LogP contribution in [0, 0.1) is 6.92 Å².